The lowest BCUT2D eigenvalue weighted by Crippen LogP contribution is -1.84. The Labute approximate surface area is 77.0 Å². The predicted octanol–water partition coefficient (Wildman–Crippen LogP) is 3.90. The molecule has 0 bridgehead atoms. The molecule has 1 atom stereocenters. The molecule has 0 aromatic rings. The van der Waals surface area contributed by atoms with E-state index in [1.165, 1.54) is 11.4 Å². The summed E-state index contributed by atoms with van der Waals surface area (Å²) in [4.78, 5) is 0. The summed E-state index contributed by atoms with van der Waals surface area (Å²) in [6, 6.07) is 0. The molecule has 11 heavy (non-hydrogen) atoms. The average Bonchev–Trinajstić information content (AvgIpc) is 1.97. The van der Waals surface area contributed by atoms with Gasteiger partial charge in [-0.15, -0.1) is 0 Å². The average molecular weight is 217 g/mol. The first-order chi connectivity index (χ1) is 5.12. The highest BCUT2D eigenvalue weighted by molar-refractivity contribution is 8.63. The third-order valence-electron chi connectivity index (χ3n) is 0.899. The third-order valence-corrected chi connectivity index (χ3v) is 5.25. The van der Waals surface area contributed by atoms with Gasteiger partial charge in [0.2, 0.25) is 0 Å². The van der Waals surface area contributed by atoms with Crippen LogP contribution in [-0.2, 0) is 9.09 Å². The smallest absolute Gasteiger partial charge is 0.310 e. The van der Waals surface area contributed by atoms with Crippen molar-refractivity contribution in [2.24, 2.45) is 0 Å². The highest BCUT2D eigenvalue weighted by atomic mass is 35.7. The molecule has 0 saturated heterocycles. The van der Waals surface area contributed by atoms with E-state index in [4.69, 9.17) is 15.8 Å². The van der Waals surface area contributed by atoms with Crippen molar-refractivity contribution >= 4 is 28.5 Å². The molecule has 5 heteroatoms. The molecule has 2 nitrogen and oxygen atoms in total. The summed E-state index contributed by atoms with van der Waals surface area (Å²) in [5.41, 5.74) is 0. The Morgan fingerprint density at radius 1 is 1.45 bits per heavy atom. The largest absolute Gasteiger partial charge is 0.346 e. The van der Waals surface area contributed by atoms with E-state index in [2.05, 4.69) is 0 Å². The van der Waals surface area contributed by atoms with Crippen molar-refractivity contribution in [1.29, 1.82) is 0 Å². The Kier molecular flexibility index (Phi) is 6.84. The Morgan fingerprint density at radius 3 is 2.55 bits per heavy atom. The Bertz CT molecular complexity index is 131. The van der Waals surface area contributed by atoms with Crippen LogP contribution in [0.3, 0.4) is 0 Å². The molecule has 0 aromatic carbocycles. The van der Waals surface area contributed by atoms with Crippen molar-refractivity contribution < 1.29 is 9.09 Å². The first-order valence-electron chi connectivity index (χ1n) is 3.71. The van der Waals surface area contributed by atoms with Crippen LogP contribution in [-0.4, -0.2) is 12.4 Å². The van der Waals surface area contributed by atoms with Crippen LogP contribution in [0.1, 0.15) is 26.7 Å². The minimum atomic E-state index is -2.84. The number of rotatable bonds is 6. The Balaban J connectivity index is 3.53. The lowest BCUT2D eigenvalue weighted by molar-refractivity contribution is 0.334. The van der Waals surface area contributed by atoms with Gasteiger partial charge in [-0.2, -0.15) is 0 Å². The first-order valence-corrected chi connectivity index (χ1v) is 7.83. The maximum Gasteiger partial charge on any atom is 0.346 e. The minimum Gasteiger partial charge on any atom is -0.310 e. The van der Waals surface area contributed by atoms with Gasteiger partial charge in [0, 0.05) is 5.75 Å². The van der Waals surface area contributed by atoms with Gasteiger partial charge in [0.05, 0.1) is 6.61 Å². The maximum atomic E-state index is 11.2. The predicted molar refractivity (Wildman–Crippen MR) is 52.5 cm³/mol. The quantitative estimate of drug-likeness (QED) is 0.630. The Morgan fingerprint density at radius 2 is 2.09 bits per heavy atom. The highest BCUT2D eigenvalue weighted by Crippen LogP contribution is 2.64. The fraction of sp³-hybridized carbons (Fsp3) is 1.00. The second-order valence-corrected chi connectivity index (χ2v) is 8.04. The van der Waals surface area contributed by atoms with Crippen LogP contribution >= 0.6 is 28.5 Å². The molecule has 0 saturated carbocycles. The van der Waals surface area contributed by atoms with Gasteiger partial charge < -0.3 is 4.52 Å². The molecule has 0 rings (SSSR count). The molecule has 0 amide bonds. The third kappa shape index (κ3) is 7.20. The molecular weight excluding hydrogens is 203 g/mol. The van der Waals surface area contributed by atoms with E-state index in [-0.39, 0.29) is 0 Å². The molecule has 0 aromatic heterocycles. The normalized spacial score (nSPS) is 16.3. The first kappa shape index (κ1) is 11.8. The summed E-state index contributed by atoms with van der Waals surface area (Å²) in [6.07, 6.45) is 1.82. The van der Waals surface area contributed by atoms with Crippen molar-refractivity contribution in [3.05, 3.63) is 0 Å². The van der Waals surface area contributed by atoms with Gasteiger partial charge in [0.15, 0.2) is 0 Å². The molecule has 0 aliphatic carbocycles. The fourth-order valence-electron chi connectivity index (χ4n) is 0.438. The molecule has 0 heterocycles. The Hall–Kier alpha value is 0.830. The van der Waals surface area contributed by atoms with Crippen LogP contribution < -0.4 is 0 Å². The van der Waals surface area contributed by atoms with Crippen LogP contribution in [0.2, 0.25) is 0 Å². The van der Waals surface area contributed by atoms with Crippen LogP contribution in [0.25, 0.3) is 0 Å². The van der Waals surface area contributed by atoms with Crippen molar-refractivity contribution in [3.8, 4) is 0 Å². The van der Waals surface area contributed by atoms with Crippen LogP contribution in [0.5, 0.6) is 0 Å². The summed E-state index contributed by atoms with van der Waals surface area (Å²) in [5.74, 6) is -2.04. The second kappa shape index (κ2) is 6.36. The fourth-order valence-corrected chi connectivity index (χ4v) is 3.79. The van der Waals surface area contributed by atoms with Crippen molar-refractivity contribution in [2.45, 2.75) is 26.7 Å². The van der Waals surface area contributed by atoms with E-state index in [1.54, 1.807) is 0 Å². The molecule has 0 spiro atoms. The SMILES string of the molecule is CCCOP(=O)(Cl)SCCC. The molecule has 0 aliphatic rings. The zero-order valence-corrected chi connectivity index (χ0v) is 9.35. The summed E-state index contributed by atoms with van der Waals surface area (Å²) < 4.78 is 16.2. The van der Waals surface area contributed by atoms with Crippen molar-refractivity contribution in [2.75, 3.05) is 12.4 Å². The lowest BCUT2D eigenvalue weighted by atomic mass is 10.5. The molecule has 1 unspecified atom stereocenters. The molecule has 0 N–H and O–H groups in total. The van der Waals surface area contributed by atoms with Crippen molar-refractivity contribution in [3.63, 3.8) is 0 Å². The van der Waals surface area contributed by atoms with E-state index in [0.717, 1.165) is 18.6 Å². The number of hydrogen-bond donors (Lipinski definition) is 0. The topological polar surface area (TPSA) is 26.3 Å². The van der Waals surface area contributed by atoms with Gasteiger partial charge in [-0.1, -0.05) is 25.2 Å². The standard InChI is InChI=1S/C6H14ClO2PS/c1-3-5-9-10(7,8)11-6-4-2/h3-6H2,1-2H3. The van der Waals surface area contributed by atoms with Gasteiger partial charge in [-0.25, -0.2) is 0 Å². The van der Waals surface area contributed by atoms with Crippen LogP contribution in [0.15, 0.2) is 0 Å². The van der Waals surface area contributed by atoms with Crippen LogP contribution in [0.4, 0.5) is 0 Å². The highest BCUT2D eigenvalue weighted by Gasteiger charge is 2.18. The van der Waals surface area contributed by atoms with Crippen molar-refractivity contribution in [1.82, 2.24) is 0 Å². The van der Waals surface area contributed by atoms with E-state index in [9.17, 15) is 4.57 Å². The van der Waals surface area contributed by atoms with Gasteiger partial charge in [0.1, 0.15) is 0 Å². The summed E-state index contributed by atoms with van der Waals surface area (Å²) in [6.45, 7) is 4.46. The van der Waals surface area contributed by atoms with Gasteiger partial charge in [-0.05, 0) is 24.1 Å². The molecule has 0 fully saturated rings. The molecule has 0 radical (unpaired) electrons. The summed E-state index contributed by atoms with van der Waals surface area (Å²) in [5, 5.41) is 0. The molecule has 0 aliphatic heterocycles. The van der Waals surface area contributed by atoms with E-state index in [0.29, 0.717) is 6.61 Å². The van der Waals surface area contributed by atoms with Crippen LogP contribution in [0, 0.1) is 0 Å². The molecule has 68 valence electrons. The van der Waals surface area contributed by atoms with E-state index >= 15 is 0 Å². The molecular formula is C6H14ClO2PS. The van der Waals surface area contributed by atoms with Gasteiger partial charge in [0.25, 0.3) is 0 Å². The lowest BCUT2D eigenvalue weighted by Gasteiger charge is -2.08. The number of hydrogen-bond acceptors (Lipinski definition) is 3. The zero-order valence-electron chi connectivity index (χ0n) is 6.88. The van der Waals surface area contributed by atoms with E-state index < -0.39 is 5.92 Å². The second-order valence-electron chi connectivity index (χ2n) is 2.10. The monoisotopic (exact) mass is 216 g/mol. The minimum absolute atomic E-state index is 0.484. The van der Waals surface area contributed by atoms with Gasteiger partial charge in [-0.3, -0.25) is 4.57 Å². The summed E-state index contributed by atoms with van der Waals surface area (Å²) >= 11 is 6.81. The van der Waals surface area contributed by atoms with E-state index in [1.807, 2.05) is 13.8 Å². The van der Waals surface area contributed by atoms with Gasteiger partial charge >= 0.3 is 5.92 Å². The zero-order chi connectivity index (χ0) is 8.74. The summed E-state index contributed by atoms with van der Waals surface area (Å²) in [7, 11) is 0. The maximum absolute atomic E-state index is 11.2. The number of halogens is 1.